The number of hydrogen-bond donors (Lipinski definition) is 0. The molecule has 0 radical (unpaired) electrons. The Labute approximate surface area is 197 Å². The predicted octanol–water partition coefficient (Wildman–Crippen LogP) is 6.31. The Hall–Kier alpha value is -1.48. The van der Waals surface area contributed by atoms with Crippen LogP contribution in [-0.2, 0) is 11.3 Å². The molecule has 0 spiro atoms. The second kappa shape index (κ2) is 8.33. The lowest BCUT2D eigenvalue weighted by molar-refractivity contribution is -0.146. The predicted molar refractivity (Wildman–Crippen MR) is 122 cm³/mol. The van der Waals surface area contributed by atoms with Crippen molar-refractivity contribution in [2.24, 2.45) is 46.3 Å². The third-order valence-electron chi connectivity index (χ3n) is 10.5. The van der Waals surface area contributed by atoms with E-state index in [1.807, 2.05) is 13.2 Å². The Balaban J connectivity index is 1.31. The third-order valence-corrected chi connectivity index (χ3v) is 10.5. The van der Waals surface area contributed by atoms with Gasteiger partial charge in [-0.3, -0.25) is 4.68 Å². The Kier molecular flexibility index (Phi) is 5.87. The molecule has 4 aliphatic rings. The number of methoxy groups -OCH3 is 1. The summed E-state index contributed by atoms with van der Waals surface area (Å²) in [5, 5.41) is 13.0. The van der Waals surface area contributed by atoms with Crippen LogP contribution in [0.2, 0.25) is 0 Å². The Morgan fingerprint density at radius 1 is 1.12 bits per heavy atom. The summed E-state index contributed by atoms with van der Waals surface area (Å²) in [6, 6.07) is 1.99. The molecule has 0 saturated heterocycles. The van der Waals surface area contributed by atoms with Gasteiger partial charge >= 0.3 is 0 Å². The fourth-order valence-corrected chi connectivity index (χ4v) is 9.19. The van der Waals surface area contributed by atoms with E-state index in [0.29, 0.717) is 29.2 Å². The first kappa shape index (κ1) is 23.3. The number of alkyl halides is 2. The molecule has 0 unspecified atom stereocenters. The minimum Gasteiger partial charge on any atom is -0.384 e. The van der Waals surface area contributed by atoms with Gasteiger partial charge in [0.05, 0.1) is 18.4 Å². The number of nitrogens with zero attached hydrogens (tertiary/aromatic N) is 3. The Morgan fingerprint density at radius 3 is 2.64 bits per heavy atom. The molecule has 0 N–H and O–H groups in total. The van der Waals surface area contributed by atoms with Crippen molar-refractivity contribution in [3.8, 4) is 6.07 Å². The molecule has 33 heavy (non-hydrogen) atoms. The highest BCUT2D eigenvalue weighted by molar-refractivity contribution is 5.21. The monoisotopic (exact) mass is 459 g/mol. The van der Waals surface area contributed by atoms with Crippen LogP contribution in [0.5, 0.6) is 0 Å². The van der Waals surface area contributed by atoms with Crippen LogP contribution in [0, 0.1) is 57.7 Å². The second-order valence-corrected chi connectivity index (χ2v) is 12.4. The van der Waals surface area contributed by atoms with Crippen LogP contribution >= 0.6 is 0 Å². The highest BCUT2D eigenvalue weighted by Crippen LogP contribution is 2.67. The van der Waals surface area contributed by atoms with E-state index in [2.05, 4.69) is 18.9 Å². The highest BCUT2D eigenvalue weighted by atomic mass is 19.3. The highest BCUT2D eigenvalue weighted by Gasteiger charge is 2.62. The molecule has 4 fully saturated rings. The number of aromatic nitrogens is 2. The van der Waals surface area contributed by atoms with Gasteiger partial charge in [-0.15, -0.1) is 0 Å². The van der Waals surface area contributed by atoms with Gasteiger partial charge in [-0.2, -0.15) is 10.4 Å². The molecular formula is C27H39F2N3O. The lowest BCUT2D eigenvalue weighted by atomic mass is 9.48. The van der Waals surface area contributed by atoms with Gasteiger partial charge in [0.15, 0.2) is 0 Å². The van der Waals surface area contributed by atoms with E-state index < -0.39 is 18.4 Å². The SMILES string of the molecule is COC[C@@]1(C)CC[C@H]2[C@H](CC[C@@H]3[C@@H]2CC[C@]2(C)[C@@H](C(F)(F)Cn4cc(C#N)cn4)CC[C@@H]32)C1. The summed E-state index contributed by atoms with van der Waals surface area (Å²) in [4.78, 5) is 0. The number of hydrogen-bond acceptors (Lipinski definition) is 3. The van der Waals surface area contributed by atoms with E-state index in [4.69, 9.17) is 10.00 Å². The van der Waals surface area contributed by atoms with E-state index in [9.17, 15) is 0 Å². The number of nitriles is 1. The smallest absolute Gasteiger partial charge is 0.270 e. The van der Waals surface area contributed by atoms with Crippen LogP contribution in [0.15, 0.2) is 12.4 Å². The van der Waals surface area contributed by atoms with Gasteiger partial charge in [0.25, 0.3) is 5.92 Å². The normalized spacial score (nSPS) is 42.8. The van der Waals surface area contributed by atoms with Gasteiger partial charge in [-0.25, -0.2) is 8.78 Å². The van der Waals surface area contributed by atoms with E-state index in [0.717, 1.165) is 43.6 Å². The molecule has 182 valence electrons. The third kappa shape index (κ3) is 3.93. The first-order valence-corrected chi connectivity index (χ1v) is 13.0. The minimum atomic E-state index is -2.81. The summed E-state index contributed by atoms with van der Waals surface area (Å²) in [7, 11) is 1.82. The first-order chi connectivity index (χ1) is 15.7. The maximum atomic E-state index is 15.6. The topological polar surface area (TPSA) is 50.8 Å². The van der Waals surface area contributed by atoms with Crippen molar-refractivity contribution in [2.45, 2.75) is 84.1 Å². The van der Waals surface area contributed by atoms with Crippen molar-refractivity contribution in [3.05, 3.63) is 18.0 Å². The van der Waals surface area contributed by atoms with Crippen molar-refractivity contribution in [3.63, 3.8) is 0 Å². The van der Waals surface area contributed by atoms with Crippen LogP contribution < -0.4 is 0 Å². The minimum absolute atomic E-state index is 0.290. The molecule has 0 amide bonds. The van der Waals surface area contributed by atoms with Gasteiger partial charge in [-0.1, -0.05) is 13.8 Å². The summed E-state index contributed by atoms with van der Waals surface area (Å²) in [6.07, 6.45) is 12.7. The van der Waals surface area contributed by atoms with Crippen molar-refractivity contribution >= 4 is 0 Å². The van der Waals surface area contributed by atoms with Crippen LogP contribution in [0.4, 0.5) is 8.78 Å². The van der Waals surface area contributed by atoms with Gasteiger partial charge in [0.2, 0.25) is 0 Å². The molecule has 1 aromatic rings. The van der Waals surface area contributed by atoms with Gasteiger partial charge in [0, 0.05) is 19.2 Å². The molecule has 6 heteroatoms. The van der Waals surface area contributed by atoms with E-state index >= 15 is 8.78 Å². The Bertz CT molecular complexity index is 909. The zero-order valence-corrected chi connectivity index (χ0v) is 20.4. The van der Waals surface area contributed by atoms with Crippen molar-refractivity contribution < 1.29 is 13.5 Å². The van der Waals surface area contributed by atoms with E-state index in [1.165, 1.54) is 49.2 Å². The lowest BCUT2D eigenvalue weighted by Crippen LogP contribution is -2.52. The number of fused-ring (bicyclic) bond motifs is 5. The molecule has 0 bridgehead atoms. The zero-order valence-electron chi connectivity index (χ0n) is 20.4. The number of rotatable bonds is 5. The summed E-state index contributed by atoms with van der Waals surface area (Å²) in [6.45, 7) is 5.00. The largest absolute Gasteiger partial charge is 0.384 e. The summed E-state index contributed by atoms with van der Waals surface area (Å²) in [5.41, 5.74) is 0.361. The molecular weight excluding hydrogens is 420 g/mol. The fraction of sp³-hybridized carbons (Fsp3) is 0.852. The summed E-state index contributed by atoms with van der Waals surface area (Å²) in [5.74, 6) is -0.0620. The van der Waals surface area contributed by atoms with Crippen LogP contribution in [0.25, 0.3) is 0 Å². The molecule has 1 aromatic heterocycles. The quantitative estimate of drug-likeness (QED) is 0.518. The summed E-state index contributed by atoms with van der Waals surface area (Å²) < 4.78 is 38.1. The first-order valence-electron chi connectivity index (χ1n) is 13.0. The number of halogens is 2. The summed E-state index contributed by atoms with van der Waals surface area (Å²) >= 11 is 0. The maximum absolute atomic E-state index is 15.6. The number of ether oxygens (including phenoxy) is 1. The van der Waals surface area contributed by atoms with E-state index in [1.54, 1.807) is 0 Å². The fourth-order valence-electron chi connectivity index (χ4n) is 9.19. The molecule has 0 aliphatic heterocycles. The molecule has 1 heterocycles. The van der Waals surface area contributed by atoms with E-state index in [-0.39, 0.29) is 5.41 Å². The molecule has 8 atom stereocenters. The standard InChI is InChI=1S/C27H39F2N3O/c1-25(17-33-3)10-8-20-19(12-25)4-5-22-21(20)9-11-26(2)23(22)6-7-24(26)27(28,29)16-32-15-18(13-30)14-31-32/h14-15,19-24H,4-12,16-17H2,1-3H3/t19-,20+,21-,22-,23+,24+,25+,26+/m1/s1. The molecule has 4 saturated carbocycles. The van der Waals surface area contributed by atoms with Crippen LogP contribution in [0.1, 0.15) is 77.2 Å². The van der Waals surface area contributed by atoms with Crippen LogP contribution in [-0.4, -0.2) is 29.4 Å². The van der Waals surface area contributed by atoms with Gasteiger partial charge in [-0.05, 0) is 98.2 Å². The van der Waals surface area contributed by atoms with Gasteiger partial charge < -0.3 is 4.74 Å². The molecule has 0 aromatic carbocycles. The van der Waals surface area contributed by atoms with Gasteiger partial charge in [0.1, 0.15) is 12.6 Å². The van der Waals surface area contributed by atoms with Crippen LogP contribution in [0.3, 0.4) is 0 Å². The lowest BCUT2D eigenvalue weighted by Gasteiger charge is -2.57. The average molecular weight is 460 g/mol. The second-order valence-electron chi connectivity index (χ2n) is 12.4. The zero-order chi connectivity index (χ0) is 23.4. The molecule has 5 rings (SSSR count). The average Bonchev–Trinajstić information content (AvgIpc) is 3.36. The van der Waals surface area contributed by atoms with Crippen molar-refractivity contribution in [1.29, 1.82) is 5.26 Å². The Morgan fingerprint density at radius 2 is 1.91 bits per heavy atom. The molecule has 4 nitrogen and oxygen atoms in total. The molecule has 4 aliphatic carbocycles. The van der Waals surface area contributed by atoms with Crippen molar-refractivity contribution in [2.75, 3.05) is 13.7 Å². The maximum Gasteiger partial charge on any atom is 0.270 e. The van der Waals surface area contributed by atoms with Crippen molar-refractivity contribution in [1.82, 2.24) is 9.78 Å².